The van der Waals surface area contributed by atoms with Crippen LogP contribution in [0.4, 0.5) is 8.78 Å². The second-order valence-electron chi connectivity index (χ2n) is 3.07. The molecule has 0 heterocycles. The van der Waals surface area contributed by atoms with Crippen molar-refractivity contribution in [3.63, 3.8) is 0 Å². The molecule has 1 aromatic rings. The summed E-state index contributed by atoms with van der Waals surface area (Å²) < 4.78 is 34.1. The van der Waals surface area contributed by atoms with Crippen LogP contribution < -0.4 is 9.47 Å². The molecule has 0 atom stereocenters. The van der Waals surface area contributed by atoms with Gasteiger partial charge in [-0.3, -0.25) is 0 Å². The van der Waals surface area contributed by atoms with Gasteiger partial charge in [0.1, 0.15) is 6.61 Å². The maximum atomic E-state index is 12.0. The van der Waals surface area contributed by atoms with Gasteiger partial charge in [0, 0.05) is 0 Å². The summed E-state index contributed by atoms with van der Waals surface area (Å²) in [6, 6.07) is 4.69. The minimum Gasteiger partial charge on any atom is -0.490 e. The van der Waals surface area contributed by atoms with E-state index in [-0.39, 0.29) is 12.4 Å². The van der Waals surface area contributed by atoms with E-state index in [1.807, 2.05) is 0 Å². The first-order valence-electron chi connectivity index (χ1n) is 4.95. The minimum atomic E-state index is -2.52. The number of halogens is 2. The largest absolute Gasteiger partial charge is 0.490 e. The molecular weight excluding hydrogens is 218 g/mol. The van der Waals surface area contributed by atoms with Crippen molar-refractivity contribution in [1.29, 1.82) is 0 Å². The number of hydrogen-bond donors (Lipinski definition) is 1. The number of benzene rings is 1. The van der Waals surface area contributed by atoms with Gasteiger partial charge in [0.25, 0.3) is 6.43 Å². The lowest BCUT2D eigenvalue weighted by molar-refractivity contribution is 0.0800. The Morgan fingerprint density at radius 3 is 2.56 bits per heavy atom. The molecule has 0 aliphatic heterocycles. The molecular formula is C11H14F2O3. The Kier molecular flexibility index (Phi) is 4.98. The summed E-state index contributed by atoms with van der Waals surface area (Å²) in [6.07, 6.45) is -2.52. The van der Waals surface area contributed by atoms with E-state index in [0.717, 1.165) is 0 Å². The van der Waals surface area contributed by atoms with Gasteiger partial charge in [0.15, 0.2) is 11.5 Å². The molecule has 0 spiro atoms. The molecule has 0 saturated heterocycles. The van der Waals surface area contributed by atoms with E-state index in [0.29, 0.717) is 17.9 Å². The van der Waals surface area contributed by atoms with Crippen molar-refractivity contribution in [2.24, 2.45) is 0 Å². The molecule has 1 N–H and O–H groups in total. The van der Waals surface area contributed by atoms with E-state index in [2.05, 4.69) is 0 Å². The Hall–Kier alpha value is -1.36. The molecule has 90 valence electrons. The molecule has 0 bridgehead atoms. The summed E-state index contributed by atoms with van der Waals surface area (Å²) in [6.45, 7) is 1.39. The highest BCUT2D eigenvalue weighted by Gasteiger charge is 2.09. The maximum Gasteiger partial charge on any atom is 0.272 e. The predicted octanol–water partition coefficient (Wildman–Crippen LogP) is 2.22. The van der Waals surface area contributed by atoms with Crippen LogP contribution in [-0.2, 0) is 6.61 Å². The zero-order valence-electron chi connectivity index (χ0n) is 8.95. The highest BCUT2D eigenvalue weighted by Crippen LogP contribution is 2.28. The van der Waals surface area contributed by atoms with Crippen molar-refractivity contribution >= 4 is 0 Å². The van der Waals surface area contributed by atoms with Crippen molar-refractivity contribution in [3.8, 4) is 11.5 Å². The number of ether oxygens (including phenoxy) is 2. The standard InChI is InChI=1S/C11H14F2O3/c1-2-15-10-5-8(6-14)3-4-9(10)16-7-11(12)13/h3-5,11,14H,2,6-7H2,1H3. The van der Waals surface area contributed by atoms with E-state index in [1.165, 1.54) is 6.07 Å². The van der Waals surface area contributed by atoms with Crippen LogP contribution in [0, 0.1) is 0 Å². The average Bonchev–Trinajstić information content (AvgIpc) is 2.27. The molecule has 5 heteroatoms. The first kappa shape index (κ1) is 12.7. The van der Waals surface area contributed by atoms with Gasteiger partial charge in [-0.25, -0.2) is 8.78 Å². The molecule has 0 aliphatic carbocycles. The summed E-state index contributed by atoms with van der Waals surface area (Å²) in [7, 11) is 0. The lowest BCUT2D eigenvalue weighted by Crippen LogP contribution is -2.08. The zero-order valence-corrected chi connectivity index (χ0v) is 8.95. The fourth-order valence-electron chi connectivity index (χ4n) is 1.19. The Labute approximate surface area is 92.6 Å². The van der Waals surface area contributed by atoms with Crippen LogP contribution in [0.15, 0.2) is 18.2 Å². The van der Waals surface area contributed by atoms with Crippen molar-refractivity contribution in [2.45, 2.75) is 20.0 Å². The van der Waals surface area contributed by atoms with Gasteiger partial charge in [-0.05, 0) is 24.6 Å². The molecule has 0 aliphatic rings. The summed E-state index contributed by atoms with van der Waals surface area (Å²) >= 11 is 0. The first-order valence-corrected chi connectivity index (χ1v) is 4.95. The number of alkyl halides is 2. The van der Waals surface area contributed by atoms with Crippen molar-refractivity contribution < 1.29 is 23.4 Å². The number of aliphatic hydroxyl groups is 1. The smallest absolute Gasteiger partial charge is 0.272 e. The Morgan fingerprint density at radius 1 is 1.25 bits per heavy atom. The Morgan fingerprint density at radius 2 is 2.00 bits per heavy atom. The summed E-state index contributed by atoms with van der Waals surface area (Å²) in [4.78, 5) is 0. The fraction of sp³-hybridized carbons (Fsp3) is 0.455. The fourth-order valence-corrected chi connectivity index (χ4v) is 1.19. The molecule has 0 saturated carbocycles. The molecule has 3 nitrogen and oxygen atoms in total. The summed E-state index contributed by atoms with van der Waals surface area (Å²) in [5, 5.41) is 8.92. The monoisotopic (exact) mass is 232 g/mol. The van der Waals surface area contributed by atoms with E-state index in [4.69, 9.17) is 14.6 Å². The van der Waals surface area contributed by atoms with Crippen LogP contribution >= 0.6 is 0 Å². The van der Waals surface area contributed by atoms with E-state index in [9.17, 15) is 8.78 Å². The van der Waals surface area contributed by atoms with Gasteiger partial charge in [-0.1, -0.05) is 6.07 Å². The first-order chi connectivity index (χ1) is 7.67. The van der Waals surface area contributed by atoms with Crippen molar-refractivity contribution in [1.82, 2.24) is 0 Å². The quantitative estimate of drug-likeness (QED) is 0.817. The van der Waals surface area contributed by atoms with Gasteiger partial charge in [0.2, 0.25) is 0 Å². The summed E-state index contributed by atoms with van der Waals surface area (Å²) in [5.41, 5.74) is 0.646. The molecule has 16 heavy (non-hydrogen) atoms. The Balaban J connectivity index is 2.80. The van der Waals surface area contributed by atoms with Crippen molar-refractivity contribution in [3.05, 3.63) is 23.8 Å². The molecule has 1 rings (SSSR count). The molecule has 0 amide bonds. The molecule has 0 unspecified atom stereocenters. The SMILES string of the molecule is CCOc1cc(CO)ccc1OCC(F)F. The zero-order chi connectivity index (χ0) is 12.0. The van der Waals surface area contributed by atoms with E-state index < -0.39 is 13.0 Å². The van der Waals surface area contributed by atoms with Crippen LogP contribution in [0.1, 0.15) is 12.5 Å². The van der Waals surface area contributed by atoms with Gasteiger partial charge >= 0.3 is 0 Å². The second kappa shape index (κ2) is 6.27. The number of aliphatic hydroxyl groups excluding tert-OH is 1. The second-order valence-corrected chi connectivity index (χ2v) is 3.07. The van der Waals surface area contributed by atoms with Gasteiger partial charge in [-0.15, -0.1) is 0 Å². The van der Waals surface area contributed by atoms with Crippen LogP contribution in [0.5, 0.6) is 11.5 Å². The molecule has 0 fully saturated rings. The van der Waals surface area contributed by atoms with Crippen molar-refractivity contribution in [2.75, 3.05) is 13.2 Å². The minimum absolute atomic E-state index is 0.130. The third-order valence-corrected chi connectivity index (χ3v) is 1.86. The number of hydrogen-bond acceptors (Lipinski definition) is 3. The Bertz CT molecular complexity index is 329. The highest BCUT2D eigenvalue weighted by atomic mass is 19.3. The molecule has 0 radical (unpaired) electrons. The third-order valence-electron chi connectivity index (χ3n) is 1.86. The highest BCUT2D eigenvalue weighted by molar-refractivity contribution is 5.42. The van der Waals surface area contributed by atoms with Gasteiger partial charge in [0.05, 0.1) is 13.2 Å². The summed E-state index contributed by atoms with van der Waals surface area (Å²) in [5.74, 6) is 0.633. The van der Waals surface area contributed by atoms with Crippen LogP contribution in [0.2, 0.25) is 0 Å². The van der Waals surface area contributed by atoms with Crippen LogP contribution in [0.25, 0.3) is 0 Å². The molecule has 1 aromatic carbocycles. The van der Waals surface area contributed by atoms with Crippen LogP contribution in [0.3, 0.4) is 0 Å². The lowest BCUT2D eigenvalue weighted by atomic mass is 10.2. The molecule has 0 aromatic heterocycles. The normalized spacial score (nSPS) is 10.6. The van der Waals surface area contributed by atoms with E-state index >= 15 is 0 Å². The van der Waals surface area contributed by atoms with Gasteiger partial charge in [-0.2, -0.15) is 0 Å². The predicted molar refractivity (Wildman–Crippen MR) is 55.0 cm³/mol. The van der Waals surface area contributed by atoms with E-state index in [1.54, 1.807) is 19.1 Å². The lowest BCUT2D eigenvalue weighted by Gasteiger charge is -2.12. The maximum absolute atomic E-state index is 12.0. The van der Waals surface area contributed by atoms with Crippen LogP contribution in [-0.4, -0.2) is 24.7 Å². The number of rotatable bonds is 6. The van der Waals surface area contributed by atoms with Gasteiger partial charge < -0.3 is 14.6 Å². The third kappa shape index (κ3) is 3.66. The topological polar surface area (TPSA) is 38.7 Å². The average molecular weight is 232 g/mol.